The number of methoxy groups -OCH3 is 1. The Morgan fingerprint density at radius 2 is 1.92 bits per heavy atom. The van der Waals surface area contributed by atoms with Gasteiger partial charge < -0.3 is 21.1 Å². The van der Waals surface area contributed by atoms with E-state index in [4.69, 9.17) is 5.73 Å². The molecule has 39 heavy (non-hydrogen) atoms. The Bertz CT molecular complexity index is 1400. The number of rotatable bonds is 5. The first-order valence-electron chi connectivity index (χ1n) is 13.3. The molecule has 1 aliphatic heterocycles. The lowest BCUT2D eigenvalue weighted by Crippen LogP contribution is -2.29. The highest BCUT2D eigenvalue weighted by Gasteiger charge is 2.27. The number of pyridine rings is 1. The zero-order chi connectivity index (χ0) is 27.4. The summed E-state index contributed by atoms with van der Waals surface area (Å²) in [5.41, 5.74) is 12.2. The molecule has 2 aromatic carbocycles. The summed E-state index contributed by atoms with van der Waals surface area (Å²) in [7, 11) is 1.29. The number of anilines is 2. The molecule has 0 saturated heterocycles. The molecule has 1 aliphatic carbocycles. The highest BCUT2D eigenvalue weighted by molar-refractivity contribution is 5.98. The number of benzene rings is 2. The van der Waals surface area contributed by atoms with Gasteiger partial charge in [-0.15, -0.1) is 0 Å². The smallest absolute Gasteiger partial charge is 0.411 e. The summed E-state index contributed by atoms with van der Waals surface area (Å²) in [6.07, 6.45) is 5.76. The number of carbonyl (C=O) groups is 3. The second-order valence-electron chi connectivity index (χ2n) is 10.1. The van der Waals surface area contributed by atoms with Gasteiger partial charge >= 0.3 is 6.09 Å². The standard InChI is InChI=1S/C30H33N5O4/c1-39-30(38)33-22-10-11-23-19-12-13-32-27(15-19)25(4-2-3-5-28(36)34-26(23)16-22)35-29(37)20-8-9-21(17-31)24(14-20)18-6-7-18/h8-16,18,25H,2-7,17,31H2,1H3,(H,33,38)(H,34,36)(H,35,37). The van der Waals surface area contributed by atoms with E-state index in [0.717, 1.165) is 41.6 Å². The van der Waals surface area contributed by atoms with Gasteiger partial charge in [0.25, 0.3) is 5.91 Å². The molecule has 2 heterocycles. The van der Waals surface area contributed by atoms with E-state index in [2.05, 4.69) is 25.7 Å². The molecule has 5 N–H and O–H groups in total. The van der Waals surface area contributed by atoms with Crippen LogP contribution in [0.1, 0.15) is 77.7 Å². The lowest BCUT2D eigenvalue weighted by molar-refractivity contribution is -0.116. The second-order valence-corrected chi connectivity index (χ2v) is 10.1. The van der Waals surface area contributed by atoms with Crippen molar-refractivity contribution in [2.24, 2.45) is 5.73 Å². The van der Waals surface area contributed by atoms with Crippen LogP contribution in [-0.4, -0.2) is 30.0 Å². The minimum absolute atomic E-state index is 0.116. The van der Waals surface area contributed by atoms with Crippen LogP contribution in [0.15, 0.2) is 54.7 Å². The molecule has 2 aliphatic rings. The van der Waals surface area contributed by atoms with Gasteiger partial charge in [-0.25, -0.2) is 4.79 Å². The molecule has 9 nitrogen and oxygen atoms in total. The summed E-state index contributed by atoms with van der Waals surface area (Å²) in [5, 5.41) is 8.82. The Labute approximate surface area is 227 Å². The fourth-order valence-corrected chi connectivity index (χ4v) is 5.03. The van der Waals surface area contributed by atoms with Crippen LogP contribution in [0.2, 0.25) is 0 Å². The van der Waals surface area contributed by atoms with Gasteiger partial charge in [0.05, 0.1) is 24.5 Å². The maximum Gasteiger partial charge on any atom is 0.411 e. The van der Waals surface area contributed by atoms with Gasteiger partial charge in [0.1, 0.15) is 0 Å². The molecule has 202 valence electrons. The molecule has 0 radical (unpaired) electrons. The summed E-state index contributed by atoms with van der Waals surface area (Å²) >= 11 is 0. The highest BCUT2D eigenvalue weighted by Crippen LogP contribution is 2.42. The average Bonchev–Trinajstić information content (AvgIpc) is 3.79. The van der Waals surface area contributed by atoms with Crippen molar-refractivity contribution >= 4 is 29.3 Å². The van der Waals surface area contributed by atoms with Gasteiger partial charge in [0.2, 0.25) is 5.91 Å². The SMILES string of the molecule is COC(=O)Nc1ccc2c(c1)NC(=O)CCCCC(NC(=O)c1ccc(CN)c(C3CC3)c1)c1cc-2ccn1. The van der Waals surface area contributed by atoms with Crippen molar-refractivity contribution in [3.63, 3.8) is 0 Å². The van der Waals surface area contributed by atoms with Crippen molar-refractivity contribution in [3.05, 3.63) is 77.1 Å². The van der Waals surface area contributed by atoms with Crippen LogP contribution in [0.25, 0.3) is 11.1 Å². The van der Waals surface area contributed by atoms with Gasteiger partial charge in [-0.2, -0.15) is 0 Å². The van der Waals surface area contributed by atoms with E-state index in [-0.39, 0.29) is 17.9 Å². The molecule has 3 amide bonds. The van der Waals surface area contributed by atoms with E-state index >= 15 is 0 Å². The number of ether oxygens (including phenoxy) is 1. The number of hydrogen-bond acceptors (Lipinski definition) is 6. The zero-order valence-electron chi connectivity index (χ0n) is 22.0. The third-order valence-corrected chi connectivity index (χ3v) is 7.27. The fraction of sp³-hybridized carbons (Fsp3) is 0.333. The predicted octanol–water partition coefficient (Wildman–Crippen LogP) is 5.25. The third kappa shape index (κ3) is 6.26. The van der Waals surface area contributed by atoms with E-state index in [1.807, 2.05) is 36.4 Å². The number of carbonyl (C=O) groups excluding carboxylic acids is 3. The van der Waals surface area contributed by atoms with E-state index < -0.39 is 6.09 Å². The second kappa shape index (κ2) is 11.7. The average molecular weight is 528 g/mol. The van der Waals surface area contributed by atoms with Crippen LogP contribution in [0.5, 0.6) is 0 Å². The van der Waals surface area contributed by atoms with Crippen molar-refractivity contribution in [3.8, 4) is 11.1 Å². The van der Waals surface area contributed by atoms with Crippen LogP contribution in [0.3, 0.4) is 0 Å². The molecular formula is C30H33N5O4. The van der Waals surface area contributed by atoms with E-state index in [1.165, 1.54) is 12.7 Å². The van der Waals surface area contributed by atoms with Crippen LogP contribution in [0.4, 0.5) is 16.2 Å². The molecule has 2 bridgehead atoms. The summed E-state index contributed by atoms with van der Waals surface area (Å²) in [5.74, 6) is 0.224. The first-order chi connectivity index (χ1) is 18.9. The normalized spacial score (nSPS) is 17.1. The largest absolute Gasteiger partial charge is 0.453 e. The van der Waals surface area contributed by atoms with Crippen molar-refractivity contribution in [1.82, 2.24) is 10.3 Å². The van der Waals surface area contributed by atoms with Crippen LogP contribution in [-0.2, 0) is 16.1 Å². The fourth-order valence-electron chi connectivity index (χ4n) is 5.03. The van der Waals surface area contributed by atoms with Crippen molar-refractivity contribution in [1.29, 1.82) is 0 Å². The predicted molar refractivity (Wildman–Crippen MR) is 149 cm³/mol. The molecule has 0 spiro atoms. The van der Waals surface area contributed by atoms with Crippen LogP contribution < -0.4 is 21.7 Å². The maximum absolute atomic E-state index is 13.4. The maximum atomic E-state index is 13.4. The summed E-state index contributed by atoms with van der Waals surface area (Å²) in [6.45, 7) is 0.461. The van der Waals surface area contributed by atoms with E-state index in [9.17, 15) is 14.4 Å². The molecule has 9 heteroatoms. The molecule has 1 fully saturated rings. The van der Waals surface area contributed by atoms with Gasteiger partial charge in [-0.05, 0) is 84.7 Å². The molecule has 1 aromatic heterocycles. The minimum Gasteiger partial charge on any atom is -0.453 e. The molecule has 3 aromatic rings. The van der Waals surface area contributed by atoms with Gasteiger partial charge in [-0.3, -0.25) is 19.9 Å². The molecule has 5 rings (SSSR count). The molecule has 1 atom stereocenters. The number of hydrogen-bond donors (Lipinski definition) is 4. The van der Waals surface area contributed by atoms with Crippen molar-refractivity contribution in [2.45, 2.75) is 57.0 Å². The molecular weight excluding hydrogens is 494 g/mol. The Balaban J connectivity index is 1.45. The number of fused-ring (bicyclic) bond motifs is 4. The minimum atomic E-state index is -0.596. The van der Waals surface area contributed by atoms with Gasteiger partial charge in [0, 0.05) is 36.0 Å². The summed E-state index contributed by atoms with van der Waals surface area (Å²) in [4.78, 5) is 42.5. The lowest BCUT2D eigenvalue weighted by Gasteiger charge is -2.21. The molecule has 1 saturated carbocycles. The van der Waals surface area contributed by atoms with Crippen molar-refractivity contribution < 1.29 is 19.1 Å². The Morgan fingerprint density at radius 3 is 2.69 bits per heavy atom. The molecule has 1 unspecified atom stereocenters. The van der Waals surface area contributed by atoms with E-state index in [1.54, 1.807) is 18.3 Å². The Kier molecular flexibility index (Phi) is 7.88. The van der Waals surface area contributed by atoms with Gasteiger partial charge in [-0.1, -0.05) is 18.6 Å². The Morgan fingerprint density at radius 1 is 1.08 bits per heavy atom. The van der Waals surface area contributed by atoms with Crippen LogP contribution in [0, 0.1) is 0 Å². The number of nitrogens with one attached hydrogen (secondary N) is 3. The number of aromatic nitrogens is 1. The highest BCUT2D eigenvalue weighted by atomic mass is 16.5. The monoisotopic (exact) mass is 527 g/mol. The first kappa shape index (κ1) is 26.4. The first-order valence-corrected chi connectivity index (χ1v) is 13.3. The topological polar surface area (TPSA) is 135 Å². The summed E-state index contributed by atoms with van der Waals surface area (Å²) < 4.78 is 4.69. The van der Waals surface area contributed by atoms with Crippen molar-refractivity contribution in [2.75, 3.05) is 17.7 Å². The van der Waals surface area contributed by atoms with E-state index in [0.29, 0.717) is 48.7 Å². The van der Waals surface area contributed by atoms with Gasteiger partial charge in [0.15, 0.2) is 0 Å². The quantitative estimate of drug-likeness (QED) is 0.358. The Hall–Kier alpha value is -4.24. The number of nitrogens with two attached hydrogens (primary N) is 1. The summed E-state index contributed by atoms with van der Waals surface area (Å²) in [6, 6.07) is 14.5. The number of amides is 3. The van der Waals surface area contributed by atoms with Crippen LogP contribution >= 0.6 is 0 Å². The number of nitrogens with zero attached hydrogens (tertiary/aromatic N) is 1. The third-order valence-electron chi connectivity index (χ3n) is 7.27. The zero-order valence-corrected chi connectivity index (χ0v) is 22.0. The lowest BCUT2D eigenvalue weighted by atomic mass is 9.97.